The monoisotopic (exact) mass is 792 g/mol. The van der Waals surface area contributed by atoms with Crippen molar-refractivity contribution in [3.8, 4) is 73.2 Å². The lowest BCUT2D eigenvalue weighted by atomic mass is 9.92. The van der Waals surface area contributed by atoms with Gasteiger partial charge >= 0.3 is 0 Å². The van der Waals surface area contributed by atoms with E-state index in [0.717, 1.165) is 88.6 Å². The molecule has 0 spiro atoms. The highest BCUT2D eigenvalue weighted by molar-refractivity contribution is 6.21. The minimum Gasteiger partial charge on any atom is -0.454 e. The zero-order valence-corrected chi connectivity index (χ0v) is 33.5. The molecule has 0 N–H and O–H groups in total. The lowest BCUT2D eigenvalue weighted by Crippen LogP contribution is -2.01. The number of furan rings is 1. The highest BCUT2D eigenvalue weighted by atomic mass is 16.3. The molecule has 0 unspecified atom stereocenters. The molecule has 3 aromatic heterocycles. The number of hydrogen-bond donors (Lipinski definition) is 0. The van der Waals surface area contributed by atoms with E-state index >= 15 is 0 Å². The quantitative estimate of drug-likeness (QED) is 0.161. The average Bonchev–Trinajstić information content (AvgIpc) is 3.90. The molecule has 5 nitrogen and oxygen atoms in total. The predicted octanol–water partition coefficient (Wildman–Crippen LogP) is 14.9. The van der Waals surface area contributed by atoms with E-state index in [-0.39, 0.29) is 0 Å². The lowest BCUT2D eigenvalue weighted by Gasteiger charge is -2.14. The van der Waals surface area contributed by atoms with Gasteiger partial charge in [0.05, 0.1) is 11.0 Å². The molecular weight excluding hydrogens is 757 g/mol. The summed E-state index contributed by atoms with van der Waals surface area (Å²) in [5.74, 6) is 1.82. The largest absolute Gasteiger partial charge is 0.454 e. The van der Waals surface area contributed by atoms with E-state index < -0.39 is 0 Å². The molecule has 0 saturated heterocycles. The molecule has 0 bridgehead atoms. The van der Waals surface area contributed by atoms with E-state index in [1.54, 1.807) is 0 Å². The zero-order chi connectivity index (χ0) is 41.0. The first-order valence-electron chi connectivity index (χ1n) is 20.8. The van der Waals surface area contributed by atoms with Gasteiger partial charge in [-0.1, -0.05) is 170 Å². The van der Waals surface area contributed by atoms with Gasteiger partial charge in [0.25, 0.3) is 0 Å². The molecule has 0 aliphatic carbocycles. The Morgan fingerprint density at radius 2 is 0.855 bits per heavy atom. The van der Waals surface area contributed by atoms with Crippen molar-refractivity contribution in [2.75, 3.05) is 0 Å². The van der Waals surface area contributed by atoms with E-state index in [1.807, 2.05) is 66.7 Å². The van der Waals surface area contributed by atoms with Crippen LogP contribution in [0.3, 0.4) is 0 Å². The summed E-state index contributed by atoms with van der Waals surface area (Å²) in [6.07, 6.45) is 0. The maximum Gasteiger partial charge on any atom is 0.164 e. The molecule has 0 amide bonds. The summed E-state index contributed by atoms with van der Waals surface area (Å²) in [6.45, 7) is 0. The molecule has 12 rings (SSSR count). The third kappa shape index (κ3) is 6.06. The molecule has 0 atom stereocenters. The van der Waals surface area contributed by atoms with Gasteiger partial charge < -0.3 is 8.98 Å². The standard InChI is InChI=1S/C57H36N4O/c1-5-16-37(17-6-1)40-22-15-23-41(34-40)42-28-30-45(50(35-42)57-59-55(38-18-7-2-8-19-38)58-56(60-57)39-20-9-3-10-21-39)43-29-31-47-49-33-32-48-46-26-13-14-27-51(46)61(44-24-11-4-12-25-44)53(48)54(49)62-52(47)36-43/h1-36H. The summed E-state index contributed by atoms with van der Waals surface area (Å²) in [5, 5.41) is 4.48. The lowest BCUT2D eigenvalue weighted by molar-refractivity contribution is 0.671. The fourth-order valence-corrected chi connectivity index (χ4v) is 8.89. The molecule has 0 fully saturated rings. The molecule has 0 saturated carbocycles. The van der Waals surface area contributed by atoms with Crippen LogP contribution >= 0.6 is 0 Å². The van der Waals surface area contributed by atoms with E-state index in [9.17, 15) is 0 Å². The van der Waals surface area contributed by atoms with Crippen molar-refractivity contribution in [3.63, 3.8) is 0 Å². The van der Waals surface area contributed by atoms with Crippen molar-refractivity contribution in [3.05, 3.63) is 218 Å². The van der Waals surface area contributed by atoms with Crippen molar-refractivity contribution >= 4 is 43.7 Å². The Bertz CT molecular complexity index is 3560. The second-order valence-corrected chi connectivity index (χ2v) is 15.6. The number of aromatic nitrogens is 4. The van der Waals surface area contributed by atoms with E-state index in [1.165, 1.54) is 10.9 Å². The first-order valence-corrected chi connectivity index (χ1v) is 20.8. The molecule has 62 heavy (non-hydrogen) atoms. The average molecular weight is 793 g/mol. The number of rotatable bonds is 7. The maximum absolute atomic E-state index is 7.01. The van der Waals surface area contributed by atoms with Crippen LogP contribution in [-0.2, 0) is 0 Å². The van der Waals surface area contributed by atoms with Crippen LogP contribution in [0.5, 0.6) is 0 Å². The van der Waals surface area contributed by atoms with Crippen LogP contribution in [0.25, 0.3) is 117 Å². The van der Waals surface area contributed by atoms with Crippen LogP contribution < -0.4 is 0 Å². The summed E-state index contributed by atoms with van der Waals surface area (Å²) in [4.78, 5) is 15.5. The van der Waals surface area contributed by atoms with Crippen LogP contribution in [0.1, 0.15) is 0 Å². The second-order valence-electron chi connectivity index (χ2n) is 15.6. The summed E-state index contributed by atoms with van der Waals surface area (Å²) in [7, 11) is 0. The van der Waals surface area contributed by atoms with Crippen molar-refractivity contribution < 1.29 is 4.42 Å². The van der Waals surface area contributed by atoms with Gasteiger partial charge in [0, 0.05) is 43.9 Å². The number of benzene rings is 9. The van der Waals surface area contributed by atoms with Crippen LogP contribution in [-0.4, -0.2) is 19.5 Å². The Balaban J connectivity index is 1.08. The minimum atomic E-state index is 0.590. The summed E-state index contributed by atoms with van der Waals surface area (Å²) in [5.41, 5.74) is 14.2. The molecule has 290 valence electrons. The van der Waals surface area contributed by atoms with Crippen molar-refractivity contribution in [1.82, 2.24) is 19.5 Å². The smallest absolute Gasteiger partial charge is 0.164 e. The number of nitrogens with zero attached hydrogens (tertiary/aromatic N) is 4. The molecule has 5 heteroatoms. The van der Waals surface area contributed by atoms with Gasteiger partial charge in [0.2, 0.25) is 0 Å². The molecule has 0 radical (unpaired) electrons. The Kier molecular flexibility index (Phi) is 8.42. The van der Waals surface area contributed by atoms with Crippen LogP contribution in [0.15, 0.2) is 223 Å². The van der Waals surface area contributed by atoms with Gasteiger partial charge in [0.15, 0.2) is 23.1 Å². The van der Waals surface area contributed by atoms with Crippen molar-refractivity contribution in [1.29, 1.82) is 0 Å². The molecule has 0 aliphatic heterocycles. The number of fused-ring (bicyclic) bond motifs is 7. The Morgan fingerprint density at radius 1 is 0.323 bits per heavy atom. The Hall–Kier alpha value is -8.41. The van der Waals surface area contributed by atoms with Gasteiger partial charge in [0.1, 0.15) is 5.58 Å². The van der Waals surface area contributed by atoms with Gasteiger partial charge in [-0.3, -0.25) is 0 Å². The van der Waals surface area contributed by atoms with Crippen molar-refractivity contribution in [2.24, 2.45) is 0 Å². The molecule has 9 aromatic carbocycles. The Labute approximate surface area is 357 Å². The van der Waals surface area contributed by atoms with Gasteiger partial charge in [-0.15, -0.1) is 0 Å². The molecule has 3 heterocycles. The van der Waals surface area contributed by atoms with Crippen LogP contribution in [0, 0.1) is 0 Å². The SMILES string of the molecule is c1ccc(-c2cccc(-c3ccc(-c4ccc5c(c4)oc4c5ccc5c6ccccc6n(-c6ccccc6)c54)c(-c4nc(-c5ccccc5)nc(-c5ccccc5)n4)c3)c2)cc1. The van der Waals surface area contributed by atoms with Gasteiger partial charge in [-0.2, -0.15) is 0 Å². The highest BCUT2D eigenvalue weighted by Crippen LogP contribution is 2.43. The Morgan fingerprint density at radius 3 is 1.56 bits per heavy atom. The van der Waals surface area contributed by atoms with Crippen LogP contribution in [0.4, 0.5) is 0 Å². The third-order valence-corrected chi connectivity index (χ3v) is 11.9. The maximum atomic E-state index is 7.01. The predicted molar refractivity (Wildman–Crippen MR) is 254 cm³/mol. The van der Waals surface area contributed by atoms with E-state index in [0.29, 0.717) is 17.5 Å². The topological polar surface area (TPSA) is 56.7 Å². The second kappa shape index (κ2) is 14.7. The number of hydrogen-bond acceptors (Lipinski definition) is 4. The zero-order valence-electron chi connectivity index (χ0n) is 33.5. The molecule has 12 aromatic rings. The third-order valence-electron chi connectivity index (χ3n) is 11.9. The van der Waals surface area contributed by atoms with Gasteiger partial charge in [-0.05, 0) is 81.9 Å². The first kappa shape index (κ1) is 35.5. The number of para-hydroxylation sites is 2. The highest BCUT2D eigenvalue weighted by Gasteiger charge is 2.21. The summed E-state index contributed by atoms with van der Waals surface area (Å²) >= 11 is 0. The van der Waals surface area contributed by atoms with E-state index in [4.69, 9.17) is 19.4 Å². The molecule has 0 aliphatic rings. The first-order chi connectivity index (χ1) is 30.7. The fourth-order valence-electron chi connectivity index (χ4n) is 8.89. The van der Waals surface area contributed by atoms with Crippen LogP contribution in [0.2, 0.25) is 0 Å². The fraction of sp³-hybridized carbons (Fsp3) is 0. The van der Waals surface area contributed by atoms with Gasteiger partial charge in [-0.25, -0.2) is 15.0 Å². The van der Waals surface area contributed by atoms with Crippen molar-refractivity contribution in [2.45, 2.75) is 0 Å². The minimum absolute atomic E-state index is 0.590. The van der Waals surface area contributed by atoms with E-state index in [2.05, 4.69) is 156 Å². The normalized spacial score (nSPS) is 11.5. The summed E-state index contributed by atoms with van der Waals surface area (Å²) in [6, 6.07) is 76.2. The summed E-state index contributed by atoms with van der Waals surface area (Å²) < 4.78 is 9.33. The molecular formula is C57H36N4O.